The molecule has 1 N–H and O–H groups in total. The molecule has 1 saturated heterocycles. The van der Waals surface area contributed by atoms with Crippen molar-refractivity contribution >= 4 is 20.9 Å². The Morgan fingerprint density at radius 2 is 1.88 bits per heavy atom. The SMILES string of the molecule is Cc1ccc(S(=O)(=O)n2cc(C3CNCCO3)c3ccccc32)cc1. The third-order valence-electron chi connectivity index (χ3n) is 4.56. The highest BCUT2D eigenvalue weighted by molar-refractivity contribution is 7.90. The lowest BCUT2D eigenvalue weighted by molar-refractivity contribution is 0.0286. The molecular weight excluding hydrogens is 336 g/mol. The van der Waals surface area contributed by atoms with Crippen LogP contribution in [0, 0.1) is 6.92 Å². The molecule has 0 radical (unpaired) electrons. The second-order valence-electron chi connectivity index (χ2n) is 6.28. The van der Waals surface area contributed by atoms with Gasteiger partial charge in [-0.05, 0) is 25.1 Å². The van der Waals surface area contributed by atoms with Gasteiger partial charge in [0.1, 0.15) is 0 Å². The predicted molar refractivity (Wildman–Crippen MR) is 97.3 cm³/mol. The normalized spacial score (nSPS) is 18.5. The van der Waals surface area contributed by atoms with E-state index in [9.17, 15) is 8.42 Å². The topological polar surface area (TPSA) is 60.3 Å². The molecule has 25 heavy (non-hydrogen) atoms. The van der Waals surface area contributed by atoms with E-state index < -0.39 is 10.0 Å². The Balaban J connectivity index is 1.88. The standard InChI is InChI=1S/C19H20N2O3S/c1-14-6-8-15(9-7-14)25(22,23)21-13-17(19-12-20-10-11-24-19)16-4-2-3-5-18(16)21/h2-9,13,19-20H,10-12H2,1H3. The van der Waals surface area contributed by atoms with Crippen molar-refractivity contribution in [1.82, 2.24) is 9.29 Å². The number of hydrogen-bond donors (Lipinski definition) is 1. The number of aromatic nitrogens is 1. The van der Waals surface area contributed by atoms with E-state index in [1.807, 2.05) is 43.3 Å². The number of fused-ring (bicyclic) bond motifs is 1. The Labute approximate surface area is 147 Å². The summed E-state index contributed by atoms with van der Waals surface area (Å²) in [6.07, 6.45) is 1.56. The minimum absolute atomic E-state index is 0.145. The molecule has 5 nitrogen and oxygen atoms in total. The van der Waals surface area contributed by atoms with Crippen LogP contribution < -0.4 is 5.32 Å². The largest absolute Gasteiger partial charge is 0.371 e. The summed E-state index contributed by atoms with van der Waals surface area (Å²) in [6.45, 7) is 4.05. The molecule has 6 heteroatoms. The van der Waals surface area contributed by atoms with Gasteiger partial charge < -0.3 is 10.1 Å². The molecule has 0 bridgehead atoms. The molecular formula is C19H20N2O3S. The second kappa shape index (κ2) is 6.29. The Hall–Kier alpha value is -2.15. The van der Waals surface area contributed by atoms with Crippen LogP contribution in [-0.2, 0) is 14.8 Å². The van der Waals surface area contributed by atoms with Crippen LogP contribution in [-0.4, -0.2) is 32.1 Å². The molecule has 1 aliphatic rings. The lowest BCUT2D eigenvalue weighted by Crippen LogP contribution is -2.33. The molecule has 2 heterocycles. The van der Waals surface area contributed by atoms with Gasteiger partial charge in [-0.1, -0.05) is 35.9 Å². The third kappa shape index (κ3) is 2.86. The van der Waals surface area contributed by atoms with Gasteiger partial charge >= 0.3 is 0 Å². The Kier molecular flexibility index (Phi) is 4.11. The first-order valence-electron chi connectivity index (χ1n) is 8.32. The number of nitrogens with zero attached hydrogens (tertiary/aromatic N) is 1. The number of aryl methyl sites for hydroxylation is 1. The predicted octanol–water partition coefficient (Wildman–Crippen LogP) is 2.85. The summed E-state index contributed by atoms with van der Waals surface area (Å²) in [5, 5.41) is 4.21. The van der Waals surface area contributed by atoms with Crippen molar-refractivity contribution in [3.05, 3.63) is 65.9 Å². The van der Waals surface area contributed by atoms with Crippen LogP contribution in [0.2, 0.25) is 0 Å². The van der Waals surface area contributed by atoms with Crippen molar-refractivity contribution in [2.75, 3.05) is 19.7 Å². The monoisotopic (exact) mass is 356 g/mol. The summed E-state index contributed by atoms with van der Waals surface area (Å²) < 4.78 is 33.5. The van der Waals surface area contributed by atoms with Crippen LogP contribution in [0.3, 0.4) is 0 Å². The van der Waals surface area contributed by atoms with E-state index in [1.165, 1.54) is 3.97 Å². The molecule has 0 saturated carbocycles. The van der Waals surface area contributed by atoms with Crippen molar-refractivity contribution in [3.8, 4) is 0 Å². The summed E-state index contributed by atoms with van der Waals surface area (Å²) >= 11 is 0. The summed E-state index contributed by atoms with van der Waals surface area (Å²) in [6, 6.07) is 14.5. The van der Waals surface area contributed by atoms with Crippen LogP contribution in [0.5, 0.6) is 0 Å². The van der Waals surface area contributed by atoms with Crippen molar-refractivity contribution in [1.29, 1.82) is 0 Å². The highest BCUT2D eigenvalue weighted by Gasteiger charge is 2.25. The quantitative estimate of drug-likeness (QED) is 0.784. The maximum atomic E-state index is 13.2. The molecule has 1 aromatic heterocycles. The second-order valence-corrected chi connectivity index (χ2v) is 8.09. The fourth-order valence-electron chi connectivity index (χ4n) is 3.22. The number of nitrogens with one attached hydrogen (secondary N) is 1. The van der Waals surface area contributed by atoms with Crippen LogP contribution >= 0.6 is 0 Å². The van der Waals surface area contributed by atoms with Crippen molar-refractivity contribution < 1.29 is 13.2 Å². The number of rotatable bonds is 3. The van der Waals surface area contributed by atoms with E-state index in [-0.39, 0.29) is 11.0 Å². The van der Waals surface area contributed by atoms with Gasteiger partial charge in [0.25, 0.3) is 10.0 Å². The smallest absolute Gasteiger partial charge is 0.268 e. The van der Waals surface area contributed by atoms with E-state index >= 15 is 0 Å². The van der Waals surface area contributed by atoms with Gasteiger partial charge in [-0.25, -0.2) is 12.4 Å². The summed E-state index contributed by atoms with van der Waals surface area (Å²) in [5.74, 6) is 0. The number of benzene rings is 2. The minimum Gasteiger partial charge on any atom is -0.371 e. The molecule has 0 amide bonds. The fourth-order valence-corrected chi connectivity index (χ4v) is 4.60. The average Bonchev–Trinajstić information content (AvgIpc) is 3.03. The third-order valence-corrected chi connectivity index (χ3v) is 6.25. The molecule has 3 aromatic rings. The Morgan fingerprint density at radius 3 is 2.60 bits per heavy atom. The van der Waals surface area contributed by atoms with Gasteiger partial charge in [0.2, 0.25) is 0 Å². The van der Waals surface area contributed by atoms with Gasteiger partial charge in [-0.2, -0.15) is 0 Å². The molecule has 130 valence electrons. The number of para-hydroxylation sites is 1. The van der Waals surface area contributed by atoms with E-state index in [0.717, 1.165) is 23.1 Å². The zero-order chi connectivity index (χ0) is 17.4. The van der Waals surface area contributed by atoms with Gasteiger partial charge in [-0.3, -0.25) is 0 Å². The van der Waals surface area contributed by atoms with Crippen LogP contribution in [0.1, 0.15) is 17.2 Å². The fraction of sp³-hybridized carbons (Fsp3) is 0.263. The highest BCUT2D eigenvalue weighted by atomic mass is 32.2. The first-order chi connectivity index (χ1) is 12.1. The molecule has 4 rings (SSSR count). The van der Waals surface area contributed by atoms with E-state index in [0.29, 0.717) is 18.7 Å². The van der Waals surface area contributed by atoms with Crippen molar-refractivity contribution in [2.24, 2.45) is 0 Å². The maximum absolute atomic E-state index is 13.2. The maximum Gasteiger partial charge on any atom is 0.268 e. The zero-order valence-corrected chi connectivity index (χ0v) is 14.8. The zero-order valence-electron chi connectivity index (χ0n) is 14.0. The highest BCUT2D eigenvalue weighted by Crippen LogP contribution is 2.31. The van der Waals surface area contributed by atoms with Crippen LogP contribution in [0.25, 0.3) is 10.9 Å². The van der Waals surface area contributed by atoms with E-state index in [4.69, 9.17) is 4.74 Å². The Morgan fingerprint density at radius 1 is 1.12 bits per heavy atom. The van der Waals surface area contributed by atoms with Crippen LogP contribution in [0.4, 0.5) is 0 Å². The van der Waals surface area contributed by atoms with Crippen LogP contribution in [0.15, 0.2) is 59.6 Å². The lowest BCUT2D eigenvalue weighted by atomic mass is 10.1. The number of ether oxygens (including phenoxy) is 1. The molecule has 1 aliphatic heterocycles. The number of morpholine rings is 1. The first kappa shape index (κ1) is 16.3. The molecule has 0 spiro atoms. The molecule has 1 unspecified atom stereocenters. The summed E-state index contributed by atoms with van der Waals surface area (Å²) in [5.41, 5.74) is 2.60. The molecule has 0 aliphatic carbocycles. The Bertz CT molecular complexity index is 1000. The summed E-state index contributed by atoms with van der Waals surface area (Å²) in [7, 11) is -3.66. The minimum atomic E-state index is -3.66. The summed E-state index contributed by atoms with van der Waals surface area (Å²) in [4.78, 5) is 0.285. The van der Waals surface area contributed by atoms with Gasteiger partial charge in [0.15, 0.2) is 0 Å². The lowest BCUT2D eigenvalue weighted by Gasteiger charge is -2.23. The molecule has 2 aromatic carbocycles. The van der Waals surface area contributed by atoms with Crippen molar-refractivity contribution in [3.63, 3.8) is 0 Å². The van der Waals surface area contributed by atoms with Gasteiger partial charge in [0.05, 0.1) is 23.1 Å². The van der Waals surface area contributed by atoms with Gasteiger partial charge in [-0.15, -0.1) is 0 Å². The van der Waals surface area contributed by atoms with Gasteiger partial charge in [0, 0.05) is 30.2 Å². The molecule has 1 atom stereocenters. The number of hydrogen-bond acceptors (Lipinski definition) is 4. The van der Waals surface area contributed by atoms with E-state index in [1.54, 1.807) is 18.3 Å². The van der Waals surface area contributed by atoms with E-state index in [2.05, 4.69) is 5.32 Å². The molecule has 1 fully saturated rings. The first-order valence-corrected chi connectivity index (χ1v) is 9.76. The van der Waals surface area contributed by atoms with Crippen molar-refractivity contribution in [2.45, 2.75) is 17.9 Å². The average molecular weight is 356 g/mol.